The second-order valence-corrected chi connectivity index (χ2v) is 3.10. The lowest BCUT2D eigenvalue weighted by Crippen LogP contribution is -2.11. The van der Waals surface area contributed by atoms with E-state index >= 15 is 0 Å². The van der Waals surface area contributed by atoms with E-state index in [9.17, 15) is 9.59 Å². The fourth-order valence-electron chi connectivity index (χ4n) is 1.53. The summed E-state index contributed by atoms with van der Waals surface area (Å²) in [6.07, 6.45) is 0. The van der Waals surface area contributed by atoms with E-state index in [4.69, 9.17) is 14.3 Å². The van der Waals surface area contributed by atoms with Crippen molar-refractivity contribution in [3.63, 3.8) is 0 Å². The highest BCUT2D eigenvalue weighted by molar-refractivity contribution is 6.04. The topological polar surface area (TPSA) is 76.7 Å². The van der Waals surface area contributed by atoms with Gasteiger partial charge in [-0.2, -0.15) is 0 Å². The molecule has 0 aliphatic carbocycles. The minimum Gasteiger partial charge on any atom is -0.489 e. The molecule has 0 bridgehead atoms. The van der Waals surface area contributed by atoms with Crippen LogP contribution in [0.2, 0.25) is 0 Å². The van der Waals surface area contributed by atoms with E-state index in [1.807, 2.05) is 0 Å². The van der Waals surface area contributed by atoms with Crippen LogP contribution in [0.15, 0.2) is 33.5 Å². The van der Waals surface area contributed by atoms with Crippen LogP contribution < -0.4 is 10.4 Å². The van der Waals surface area contributed by atoms with Gasteiger partial charge in [0.15, 0.2) is 0 Å². The van der Waals surface area contributed by atoms with Gasteiger partial charge in [0.1, 0.15) is 11.1 Å². The summed E-state index contributed by atoms with van der Waals surface area (Å²) in [5.74, 6) is -1.51. The predicted molar refractivity (Wildman–Crippen MR) is 56.0 cm³/mol. The van der Waals surface area contributed by atoms with Gasteiger partial charge in [-0.25, -0.2) is 9.59 Å². The lowest BCUT2D eigenvalue weighted by Gasteiger charge is -2.05. The summed E-state index contributed by atoms with van der Waals surface area (Å²) < 4.78 is 9.69. The van der Waals surface area contributed by atoms with E-state index in [-0.39, 0.29) is 16.9 Å². The molecule has 5 heteroatoms. The number of hydrogen-bond donors (Lipinski definition) is 1. The number of rotatable bonds is 2. The summed E-state index contributed by atoms with van der Waals surface area (Å²) in [6.45, 7) is 0. The van der Waals surface area contributed by atoms with Crippen molar-refractivity contribution in [1.82, 2.24) is 0 Å². The van der Waals surface area contributed by atoms with Crippen LogP contribution in [0.3, 0.4) is 0 Å². The van der Waals surface area contributed by atoms with Crippen molar-refractivity contribution in [3.05, 3.63) is 40.2 Å². The van der Waals surface area contributed by atoms with Crippen LogP contribution >= 0.6 is 0 Å². The van der Waals surface area contributed by atoms with E-state index < -0.39 is 11.6 Å². The maximum atomic E-state index is 11.4. The number of para-hydroxylation sites is 1. The number of hydrogen-bond acceptors (Lipinski definition) is 4. The molecule has 82 valence electrons. The summed E-state index contributed by atoms with van der Waals surface area (Å²) in [4.78, 5) is 22.5. The average molecular weight is 220 g/mol. The van der Waals surface area contributed by atoms with Gasteiger partial charge >= 0.3 is 11.6 Å². The summed E-state index contributed by atoms with van der Waals surface area (Å²) in [7, 11) is 1.23. The van der Waals surface area contributed by atoms with Crippen LogP contribution in [0, 0.1) is 0 Å². The minimum atomic E-state index is -1.22. The monoisotopic (exact) mass is 220 g/mol. The number of fused-ring (bicyclic) bond motifs is 1. The van der Waals surface area contributed by atoms with Crippen LogP contribution in [0.1, 0.15) is 10.4 Å². The molecule has 0 saturated carbocycles. The number of methoxy groups -OCH3 is 1. The first-order valence-electron chi connectivity index (χ1n) is 4.48. The molecule has 0 fully saturated rings. The molecule has 0 aliphatic heterocycles. The fourth-order valence-corrected chi connectivity index (χ4v) is 1.53. The SMILES string of the molecule is COc1c(C(=O)O)c2ccccc2oc1=O. The Kier molecular flexibility index (Phi) is 2.36. The first-order chi connectivity index (χ1) is 7.65. The Morgan fingerprint density at radius 2 is 2.06 bits per heavy atom. The van der Waals surface area contributed by atoms with Crippen molar-refractivity contribution in [1.29, 1.82) is 0 Å². The zero-order chi connectivity index (χ0) is 11.7. The summed E-state index contributed by atoms with van der Waals surface area (Å²) in [6, 6.07) is 6.41. The number of ether oxygens (including phenoxy) is 1. The molecule has 0 atom stereocenters. The van der Waals surface area contributed by atoms with Crippen LogP contribution in [0.4, 0.5) is 0 Å². The van der Waals surface area contributed by atoms with Crippen LogP contribution in [0.5, 0.6) is 5.75 Å². The highest BCUT2D eigenvalue weighted by Crippen LogP contribution is 2.24. The Labute approximate surface area is 89.9 Å². The van der Waals surface area contributed by atoms with Crippen molar-refractivity contribution < 1.29 is 19.1 Å². The Hall–Kier alpha value is -2.30. The van der Waals surface area contributed by atoms with Gasteiger partial charge < -0.3 is 14.3 Å². The first-order valence-corrected chi connectivity index (χ1v) is 4.48. The number of carboxylic acids is 1. The van der Waals surface area contributed by atoms with Crippen LogP contribution in [-0.2, 0) is 0 Å². The summed E-state index contributed by atoms with van der Waals surface area (Å²) in [5.41, 5.74) is -0.737. The molecule has 1 aromatic carbocycles. The van der Waals surface area contributed by atoms with Gasteiger partial charge in [0.25, 0.3) is 0 Å². The van der Waals surface area contributed by atoms with Gasteiger partial charge in [-0.05, 0) is 6.07 Å². The maximum absolute atomic E-state index is 11.4. The molecule has 0 amide bonds. The van der Waals surface area contributed by atoms with Crippen LogP contribution in [0.25, 0.3) is 11.0 Å². The average Bonchev–Trinajstić information content (AvgIpc) is 2.26. The summed E-state index contributed by atoms with van der Waals surface area (Å²) >= 11 is 0. The second kappa shape index (κ2) is 3.69. The Balaban J connectivity index is 2.99. The third-order valence-electron chi connectivity index (χ3n) is 2.19. The van der Waals surface area contributed by atoms with Gasteiger partial charge in [0, 0.05) is 5.39 Å². The van der Waals surface area contributed by atoms with Crippen molar-refractivity contribution in [2.24, 2.45) is 0 Å². The molecule has 5 nitrogen and oxygen atoms in total. The molecule has 0 unspecified atom stereocenters. The maximum Gasteiger partial charge on any atom is 0.379 e. The zero-order valence-corrected chi connectivity index (χ0v) is 8.39. The quantitative estimate of drug-likeness (QED) is 0.776. The lowest BCUT2D eigenvalue weighted by molar-refractivity contribution is 0.0694. The van der Waals surface area contributed by atoms with E-state index in [1.165, 1.54) is 13.2 Å². The Morgan fingerprint density at radius 3 is 2.69 bits per heavy atom. The number of carbonyl (C=O) groups is 1. The smallest absolute Gasteiger partial charge is 0.379 e. The molecule has 0 radical (unpaired) electrons. The molecule has 2 aromatic rings. The molecular formula is C11H8O5. The molecule has 0 saturated heterocycles. The zero-order valence-electron chi connectivity index (χ0n) is 8.39. The number of aromatic carboxylic acids is 1. The normalized spacial score (nSPS) is 10.3. The van der Waals surface area contributed by atoms with E-state index in [1.54, 1.807) is 18.2 Å². The highest BCUT2D eigenvalue weighted by Gasteiger charge is 2.20. The molecule has 0 aliphatic rings. The molecule has 16 heavy (non-hydrogen) atoms. The van der Waals surface area contributed by atoms with Crippen molar-refractivity contribution in [3.8, 4) is 5.75 Å². The molecule has 2 rings (SSSR count). The van der Waals surface area contributed by atoms with Crippen molar-refractivity contribution in [2.75, 3.05) is 7.11 Å². The largest absolute Gasteiger partial charge is 0.489 e. The fraction of sp³-hybridized carbons (Fsp3) is 0.0909. The third kappa shape index (κ3) is 1.42. The van der Waals surface area contributed by atoms with Gasteiger partial charge in [0.2, 0.25) is 5.75 Å². The van der Waals surface area contributed by atoms with Gasteiger partial charge in [-0.1, -0.05) is 18.2 Å². The number of benzene rings is 1. The van der Waals surface area contributed by atoms with Crippen molar-refractivity contribution in [2.45, 2.75) is 0 Å². The van der Waals surface area contributed by atoms with Gasteiger partial charge in [-0.15, -0.1) is 0 Å². The standard InChI is InChI=1S/C11H8O5/c1-15-9-8(10(12)13)6-4-2-3-5-7(6)16-11(9)14/h2-5H,1H3,(H,12,13). The third-order valence-corrected chi connectivity index (χ3v) is 2.19. The first kappa shape index (κ1) is 10.2. The van der Waals surface area contributed by atoms with E-state index in [0.29, 0.717) is 5.39 Å². The molecular weight excluding hydrogens is 212 g/mol. The Bertz CT molecular complexity index is 611. The van der Waals surface area contributed by atoms with Crippen molar-refractivity contribution >= 4 is 16.9 Å². The summed E-state index contributed by atoms with van der Waals surface area (Å²) in [5, 5.41) is 9.40. The molecule has 1 aromatic heterocycles. The molecule has 1 N–H and O–H groups in total. The second-order valence-electron chi connectivity index (χ2n) is 3.10. The molecule has 1 heterocycles. The molecule has 0 spiro atoms. The lowest BCUT2D eigenvalue weighted by atomic mass is 10.1. The predicted octanol–water partition coefficient (Wildman–Crippen LogP) is 1.50. The Morgan fingerprint density at radius 1 is 1.38 bits per heavy atom. The van der Waals surface area contributed by atoms with Crippen LogP contribution in [-0.4, -0.2) is 18.2 Å². The van der Waals surface area contributed by atoms with Gasteiger partial charge in [0.05, 0.1) is 7.11 Å². The number of carboxylic acid groups (broad SMARTS) is 1. The van der Waals surface area contributed by atoms with E-state index in [2.05, 4.69) is 0 Å². The highest BCUT2D eigenvalue weighted by atomic mass is 16.5. The minimum absolute atomic E-state index is 0.172. The van der Waals surface area contributed by atoms with E-state index in [0.717, 1.165) is 0 Å². The van der Waals surface area contributed by atoms with Gasteiger partial charge in [-0.3, -0.25) is 0 Å².